The number of benzene rings is 2. The van der Waals surface area contributed by atoms with Crippen LogP contribution in [-0.4, -0.2) is 27.7 Å². The average Bonchev–Trinajstić information content (AvgIpc) is 3.43. The number of para-hydroxylation sites is 2. The zero-order chi connectivity index (χ0) is 22.3. The highest BCUT2D eigenvalue weighted by Crippen LogP contribution is 2.16. The molecule has 0 unspecified atom stereocenters. The Morgan fingerprint density at radius 1 is 0.970 bits per heavy atom. The van der Waals surface area contributed by atoms with Crippen LogP contribution in [0.1, 0.15) is 42.0 Å². The maximum absolute atomic E-state index is 5.45. The molecule has 0 saturated heterocycles. The lowest BCUT2D eigenvalue weighted by Gasteiger charge is -2.13. The molecule has 0 bridgehead atoms. The summed E-state index contributed by atoms with van der Waals surface area (Å²) in [6.45, 7) is 6.31. The summed E-state index contributed by atoms with van der Waals surface area (Å²) in [5.41, 5.74) is 6.75. The quantitative estimate of drug-likeness (QED) is 0.187. The van der Waals surface area contributed by atoms with Gasteiger partial charge in [-0.25, -0.2) is 4.98 Å². The van der Waals surface area contributed by atoms with Crippen LogP contribution in [0.2, 0.25) is 0 Å². The molecule has 0 fully saturated rings. The molecular weight excluding hydrogens is 527 g/mol. The van der Waals surface area contributed by atoms with Crippen molar-refractivity contribution < 1.29 is 4.52 Å². The van der Waals surface area contributed by atoms with E-state index in [0.29, 0.717) is 13.1 Å². The lowest BCUT2D eigenvalue weighted by molar-refractivity contribution is 0.380. The lowest BCUT2D eigenvalue weighted by Crippen LogP contribution is -2.36. The van der Waals surface area contributed by atoms with Gasteiger partial charge in [-0.1, -0.05) is 55.4 Å². The third-order valence-corrected chi connectivity index (χ3v) is 5.63. The normalized spacial score (nSPS) is 11.4. The van der Waals surface area contributed by atoms with E-state index in [2.05, 4.69) is 74.5 Å². The molecule has 0 aliphatic carbocycles. The minimum absolute atomic E-state index is 0. The van der Waals surface area contributed by atoms with Crippen molar-refractivity contribution in [3.8, 4) is 0 Å². The molecule has 2 N–H and O–H groups in total. The summed E-state index contributed by atoms with van der Waals surface area (Å²) in [7, 11) is 1.78. The lowest BCUT2D eigenvalue weighted by atomic mass is 10.1. The number of nitrogens with zero attached hydrogens (tertiary/aromatic N) is 4. The number of hydrogen-bond acceptors (Lipinski definition) is 4. The van der Waals surface area contributed by atoms with Crippen molar-refractivity contribution in [3.05, 3.63) is 83.0 Å². The first-order valence-corrected chi connectivity index (χ1v) is 11.1. The summed E-state index contributed by atoms with van der Waals surface area (Å²) < 4.78 is 7.62. The predicted molar refractivity (Wildman–Crippen MR) is 143 cm³/mol. The number of nitrogens with one attached hydrogen (secondary N) is 2. The molecule has 8 heteroatoms. The number of rotatable bonds is 8. The topological polar surface area (TPSA) is 80.3 Å². The van der Waals surface area contributed by atoms with Crippen LogP contribution in [0.15, 0.2) is 64.4 Å². The van der Waals surface area contributed by atoms with E-state index in [4.69, 9.17) is 4.52 Å². The van der Waals surface area contributed by atoms with E-state index in [1.54, 1.807) is 7.05 Å². The maximum Gasteiger partial charge on any atom is 0.191 e. The molecule has 0 spiro atoms. The number of fused-ring (bicyclic) bond motifs is 1. The van der Waals surface area contributed by atoms with Crippen LogP contribution in [0.4, 0.5) is 0 Å². The summed E-state index contributed by atoms with van der Waals surface area (Å²) in [5.74, 6) is 1.69. The Kier molecular flexibility index (Phi) is 8.87. The van der Waals surface area contributed by atoms with Gasteiger partial charge in [-0.3, -0.25) is 4.99 Å². The van der Waals surface area contributed by atoms with E-state index in [9.17, 15) is 0 Å². The first kappa shape index (κ1) is 24.8. The first-order valence-electron chi connectivity index (χ1n) is 11.1. The summed E-state index contributed by atoms with van der Waals surface area (Å²) in [6.07, 6.45) is 3.59. The van der Waals surface area contributed by atoms with Crippen molar-refractivity contribution in [2.24, 2.45) is 4.99 Å². The molecule has 4 aromatic rings. The highest BCUT2D eigenvalue weighted by molar-refractivity contribution is 14.0. The van der Waals surface area contributed by atoms with Crippen molar-refractivity contribution in [1.29, 1.82) is 0 Å². The van der Waals surface area contributed by atoms with Gasteiger partial charge in [-0.15, -0.1) is 24.0 Å². The van der Waals surface area contributed by atoms with Crippen molar-refractivity contribution in [2.75, 3.05) is 7.05 Å². The molecule has 4 rings (SSSR count). The fourth-order valence-corrected chi connectivity index (χ4v) is 3.81. The molecule has 2 heterocycles. The highest BCUT2D eigenvalue weighted by Gasteiger charge is 2.13. The second kappa shape index (κ2) is 11.8. The Balaban J connectivity index is 0.00000306. The molecule has 7 nitrogen and oxygen atoms in total. The third-order valence-electron chi connectivity index (χ3n) is 5.63. The molecule has 0 aliphatic rings. The maximum atomic E-state index is 5.45. The fourth-order valence-electron chi connectivity index (χ4n) is 3.81. The number of imidazole rings is 1. The van der Waals surface area contributed by atoms with Gasteiger partial charge in [0.25, 0.3) is 0 Å². The summed E-state index contributed by atoms with van der Waals surface area (Å²) in [5, 5.41) is 10.9. The van der Waals surface area contributed by atoms with Crippen LogP contribution < -0.4 is 10.6 Å². The van der Waals surface area contributed by atoms with Crippen LogP contribution in [-0.2, 0) is 32.5 Å². The van der Waals surface area contributed by atoms with Crippen LogP contribution in [0, 0.1) is 0 Å². The average molecular weight is 558 g/mol. The van der Waals surface area contributed by atoms with Gasteiger partial charge in [-0.05, 0) is 29.7 Å². The predicted octanol–water partition coefficient (Wildman–Crippen LogP) is 4.68. The van der Waals surface area contributed by atoms with Crippen LogP contribution in [0.25, 0.3) is 11.0 Å². The van der Waals surface area contributed by atoms with Gasteiger partial charge in [0.05, 0.1) is 23.1 Å². The zero-order valence-corrected chi connectivity index (χ0v) is 21.7. The van der Waals surface area contributed by atoms with E-state index in [-0.39, 0.29) is 24.0 Å². The summed E-state index contributed by atoms with van der Waals surface area (Å²) >= 11 is 0. The van der Waals surface area contributed by atoms with E-state index in [0.717, 1.165) is 53.4 Å². The molecule has 0 atom stereocenters. The van der Waals surface area contributed by atoms with Crippen molar-refractivity contribution in [3.63, 3.8) is 0 Å². The minimum Gasteiger partial charge on any atom is -0.361 e. The Morgan fingerprint density at radius 3 is 2.42 bits per heavy atom. The van der Waals surface area contributed by atoms with Crippen LogP contribution in [0.3, 0.4) is 0 Å². The van der Waals surface area contributed by atoms with Crippen molar-refractivity contribution in [2.45, 2.75) is 46.3 Å². The SMILES string of the molecule is CCc1noc(CC)c1CNC(=NC)NCc1ccc(Cn2cnc3ccccc32)cc1.I. The third kappa shape index (κ3) is 5.93. The number of guanidine groups is 1. The van der Waals surface area contributed by atoms with Gasteiger partial charge in [0.1, 0.15) is 5.76 Å². The zero-order valence-electron chi connectivity index (χ0n) is 19.3. The smallest absolute Gasteiger partial charge is 0.191 e. The molecule has 0 amide bonds. The number of hydrogen-bond donors (Lipinski definition) is 2. The molecule has 174 valence electrons. The van der Waals surface area contributed by atoms with Gasteiger partial charge in [0, 0.05) is 38.7 Å². The van der Waals surface area contributed by atoms with Gasteiger partial charge in [-0.2, -0.15) is 0 Å². The van der Waals surface area contributed by atoms with Gasteiger partial charge < -0.3 is 19.7 Å². The Hall–Kier alpha value is -2.88. The molecular formula is C25H31IN6O. The Labute approximate surface area is 211 Å². The van der Waals surface area contributed by atoms with Crippen molar-refractivity contribution >= 4 is 41.0 Å². The van der Waals surface area contributed by atoms with Crippen molar-refractivity contribution in [1.82, 2.24) is 25.3 Å². The van der Waals surface area contributed by atoms with Crippen LogP contribution in [0.5, 0.6) is 0 Å². The fraction of sp³-hybridized carbons (Fsp3) is 0.320. The minimum atomic E-state index is 0. The standard InChI is InChI=1S/C25H30N6O.HI/c1-4-21-20(24(5-2)32-30-21)15-28-25(26-3)27-14-18-10-12-19(13-11-18)16-31-17-29-22-8-6-7-9-23(22)31;/h6-13,17H,4-5,14-16H2,1-3H3,(H2,26,27,28);1H. The monoisotopic (exact) mass is 558 g/mol. The number of aryl methyl sites for hydroxylation is 2. The van der Waals surface area contributed by atoms with Crippen LogP contribution >= 0.6 is 24.0 Å². The van der Waals surface area contributed by atoms with Gasteiger partial charge >= 0.3 is 0 Å². The Morgan fingerprint density at radius 2 is 1.70 bits per heavy atom. The summed E-state index contributed by atoms with van der Waals surface area (Å²) in [4.78, 5) is 8.81. The Bertz CT molecular complexity index is 1170. The largest absolute Gasteiger partial charge is 0.361 e. The second-order valence-corrected chi connectivity index (χ2v) is 7.70. The molecule has 2 aromatic heterocycles. The number of aliphatic imine (C=N–C) groups is 1. The number of halogens is 1. The molecule has 0 radical (unpaired) electrons. The number of aromatic nitrogens is 3. The summed E-state index contributed by atoms with van der Waals surface area (Å²) in [6, 6.07) is 16.8. The van der Waals surface area contributed by atoms with Gasteiger partial charge in [0.2, 0.25) is 0 Å². The second-order valence-electron chi connectivity index (χ2n) is 7.70. The molecule has 0 aliphatic heterocycles. The van der Waals surface area contributed by atoms with Gasteiger partial charge in [0.15, 0.2) is 5.96 Å². The van der Waals surface area contributed by atoms with E-state index in [1.807, 2.05) is 24.5 Å². The highest BCUT2D eigenvalue weighted by atomic mass is 127. The molecule has 0 saturated carbocycles. The molecule has 2 aromatic carbocycles. The molecule has 33 heavy (non-hydrogen) atoms. The van der Waals surface area contributed by atoms with E-state index < -0.39 is 0 Å². The van der Waals surface area contributed by atoms with E-state index in [1.165, 1.54) is 11.1 Å². The van der Waals surface area contributed by atoms with E-state index >= 15 is 0 Å². The first-order chi connectivity index (χ1) is 15.7.